The Hall–Kier alpha value is -2.99. The van der Waals surface area contributed by atoms with Crippen LogP contribution in [0.2, 0.25) is 0 Å². The molecule has 0 radical (unpaired) electrons. The van der Waals surface area contributed by atoms with E-state index in [1.165, 1.54) is 45.7 Å². The quantitative estimate of drug-likeness (QED) is 0.581. The Balaban J connectivity index is 1.66. The van der Waals surface area contributed by atoms with Crippen molar-refractivity contribution in [3.63, 3.8) is 0 Å². The van der Waals surface area contributed by atoms with E-state index < -0.39 is 39.5 Å². The molecule has 32 heavy (non-hydrogen) atoms. The van der Waals surface area contributed by atoms with E-state index in [1.807, 2.05) is 0 Å². The number of imidazole rings is 1. The number of rotatable bonds is 5. The van der Waals surface area contributed by atoms with E-state index in [1.54, 1.807) is 7.05 Å². The largest absolute Gasteiger partial charge is 0.416 e. The van der Waals surface area contributed by atoms with Crippen molar-refractivity contribution in [2.75, 3.05) is 18.4 Å². The summed E-state index contributed by atoms with van der Waals surface area (Å²) >= 11 is 0. The lowest BCUT2D eigenvalue weighted by Crippen LogP contribution is -2.32. The first-order valence-corrected chi connectivity index (χ1v) is 11.0. The number of nitrogens with zero attached hydrogens (tertiary/aromatic N) is 4. The van der Waals surface area contributed by atoms with Crippen molar-refractivity contribution in [2.45, 2.75) is 23.2 Å². The number of hydrogen-bond acceptors (Lipinski definition) is 5. The van der Waals surface area contributed by atoms with Gasteiger partial charge in [0, 0.05) is 44.5 Å². The summed E-state index contributed by atoms with van der Waals surface area (Å²) in [6.07, 6.45) is -0.769. The van der Waals surface area contributed by atoms with E-state index in [0.29, 0.717) is 5.56 Å². The highest BCUT2D eigenvalue weighted by atomic mass is 32.2. The number of halogens is 4. The standard InChI is InChI=1S/C20H19F4N5O2S/c1-28-11-19(26-12-28)32(30,31)29-9-16(13-2-4-15(21)5-3-13)17(10-29)27-18-8-14(6-7-25-18)20(22,23)24/h2-8,11-12,16-17H,9-10H2,1H3,(H,25,27)/t16-,17+/m0/s1. The van der Waals surface area contributed by atoms with E-state index in [2.05, 4.69) is 15.3 Å². The molecule has 2 aromatic heterocycles. The molecule has 3 aromatic rings. The summed E-state index contributed by atoms with van der Waals surface area (Å²) in [5.41, 5.74) is -0.223. The highest BCUT2D eigenvalue weighted by Gasteiger charge is 2.41. The van der Waals surface area contributed by atoms with Crippen LogP contribution in [-0.4, -0.2) is 46.4 Å². The molecule has 1 aliphatic heterocycles. The number of nitrogens with one attached hydrogen (secondary N) is 1. The van der Waals surface area contributed by atoms with E-state index in [9.17, 15) is 26.0 Å². The minimum atomic E-state index is -4.54. The molecule has 0 amide bonds. The summed E-state index contributed by atoms with van der Waals surface area (Å²) in [6.45, 7) is 0.0139. The van der Waals surface area contributed by atoms with Crippen molar-refractivity contribution in [3.05, 3.63) is 72.1 Å². The molecule has 0 spiro atoms. The van der Waals surface area contributed by atoms with Crippen LogP contribution in [0.25, 0.3) is 0 Å². The summed E-state index contributed by atoms with van der Waals surface area (Å²) in [4.78, 5) is 7.87. The molecule has 170 valence electrons. The van der Waals surface area contributed by atoms with Crippen LogP contribution >= 0.6 is 0 Å². The molecule has 1 aromatic carbocycles. The van der Waals surface area contributed by atoms with Gasteiger partial charge in [-0.05, 0) is 29.8 Å². The normalized spacial score (nSPS) is 19.9. The fraction of sp³-hybridized carbons (Fsp3) is 0.300. The first-order chi connectivity index (χ1) is 15.0. The van der Waals surface area contributed by atoms with Crippen LogP contribution in [0.5, 0.6) is 0 Å². The smallest absolute Gasteiger partial charge is 0.365 e. The Bertz CT molecular complexity index is 1210. The molecule has 1 saturated heterocycles. The van der Waals surface area contributed by atoms with Gasteiger partial charge in [0.05, 0.1) is 11.9 Å². The number of benzene rings is 1. The molecule has 1 aliphatic rings. The van der Waals surface area contributed by atoms with Crippen molar-refractivity contribution in [3.8, 4) is 0 Å². The molecule has 1 fully saturated rings. The summed E-state index contributed by atoms with van der Waals surface area (Å²) in [7, 11) is -2.30. The van der Waals surface area contributed by atoms with Gasteiger partial charge >= 0.3 is 6.18 Å². The maximum Gasteiger partial charge on any atom is 0.416 e. The zero-order valence-corrected chi connectivity index (χ0v) is 17.6. The molecule has 0 saturated carbocycles. The maximum atomic E-state index is 13.4. The third kappa shape index (κ3) is 4.46. The SMILES string of the molecule is Cn1cnc(S(=O)(=O)N2C[C@@H](Nc3cc(C(F)(F)F)ccn3)[C@H](c3ccc(F)cc3)C2)c1. The second-order valence-electron chi connectivity index (χ2n) is 7.54. The van der Waals surface area contributed by atoms with Crippen molar-refractivity contribution < 1.29 is 26.0 Å². The summed E-state index contributed by atoms with van der Waals surface area (Å²) < 4.78 is 81.5. The van der Waals surface area contributed by atoms with Crippen LogP contribution in [0.1, 0.15) is 17.0 Å². The molecule has 4 rings (SSSR count). The monoisotopic (exact) mass is 469 g/mol. The first-order valence-electron chi connectivity index (χ1n) is 9.57. The Morgan fingerprint density at radius 2 is 1.81 bits per heavy atom. The van der Waals surface area contributed by atoms with Gasteiger partial charge in [-0.3, -0.25) is 0 Å². The van der Waals surface area contributed by atoms with Crippen LogP contribution in [-0.2, 0) is 23.2 Å². The Kier molecular flexibility index (Phi) is 5.67. The van der Waals surface area contributed by atoms with Crippen molar-refractivity contribution in [1.82, 2.24) is 18.8 Å². The molecular formula is C20H19F4N5O2S. The molecule has 1 N–H and O–H groups in total. The highest BCUT2D eigenvalue weighted by Crippen LogP contribution is 2.34. The predicted octanol–water partition coefficient (Wildman–Crippen LogP) is 3.24. The van der Waals surface area contributed by atoms with E-state index in [-0.39, 0.29) is 23.9 Å². The molecule has 0 bridgehead atoms. The van der Waals surface area contributed by atoms with Crippen LogP contribution in [0.15, 0.2) is 60.1 Å². The first kappa shape index (κ1) is 22.2. The fourth-order valence-electron chi connectivity index (χ4n) is 3.69. The van der Waals surface area contributed by atoms with Gasteiger partial charge < -0.3 is 9.88 Å². The van der Waals surface area contributed by atoms with Crippen molar-refractivity contribution in [2.24, 2.45) is 7.05 Å². The summed E-state index contributed by atoms with van der Waals surface area (Å²) in [5, 5.41) is 2.81. The van der Waals surface area contributed by atoms with Gasteiger partial charge in [0.25, 0.3) is 10.0 Å². The molecule has 0 aliphatic carbocycles. The van der Waals surface area contributed by atoms with Gasteiger partial charge in [-0.15, -0.1) is 0 Å². The molecule has 7 nitrogen and oxygen atoms in total. The number of anilines is 1. The Morgan fingerprint density at radius 1 is 1.09 bits per heavy atom. The fourth-order valence-corrected chi connectivity index (χ4v) is 5.15. The second kappa shape index (κ2) is 8.17. The van der Waals surface area contributed by atoms with Crippen LogP contribution < -0.4 is 5.32 Å². The van der Waals surface area contributed by atoms with Gasteiger partial charge in [0.2, 0.25) is 0 Å². The minimum absolute atomic E-state index is 0.0289. The molecule has 0 unspecified atom stereocenters. The maximum absolute atomic E-state index is 13.4. The zero-order chi connectivity index (χ0) is 23.1. The average molecular weight is 469 g/mol. The highest BCUT2D eigenvalue weighted by molar-refractivity contribution is 7.89. The minimum Gasteiger partial charge on any atom is -0.365 e. The van der Waals surface area contributed by atoms with Gasteiger partial charge in [-0.25, -0.2) is 22.8 Å². The second-order valence-corrected chi connectivity index (χ2v) is 9.42. The molecule has 12 heteroatoms. The van der Waals surface area contributed by atoms with Gasteiger partial charge in [-0.1, -0.05) is 12.1 Å². The summed E-state index contributed by atoms with van der Waals surface area (Å²) in [5.74, 6) is -0.937. The van der Waals surface area contributed by atoms with Gasteiger partial charge in [0.15, 0.2) is 5.03 Å². The van der Waals surface area contributed by atoms with Crippen molar-refractivity contribution >= 4 is 15.8 Å². The van der Waals surface area contributed by atoms with Gasteiger partial charge in [0.1, 0.15) is 11.6 Å². The lowest BCUT2D eigenvalue weighted by atomic mass is 9.94. The number of pyridine rings is 1. The lowest BCUT2D eigenvalue weighted by Gasteiger charge is -2.21. The number of aryl methyl sites for hydroxylation is 1. The number of hydrogen-bond donors (Lipinski definition) is 1. The third-order valence-electron chi connectivity index (χ3n) is 5.29. The van der Waals surface area contributed by atoms with Crippen LogP contribution in [0, 0.1) is 5.82 Å². The zero-order valence-electron chi connectivity index (χ0n) is 16.8. The third-order valence-corrected chi connectivity index (χ3v) is 7.01. The Morgan fingerprint density at radius 3 is 2.44 bits per heavy atom. The number of aromatic nitrogens is 3. The van der Waals surface area contributed by atoms with Crippen LogP contribution in [0.4, 0.5) is 23.4 Å². The summed E-state index contributed by atoms with van der Waals surface area (Å²) in [6, 6.07) is 6.70. The topological polar surface area (TPSA) is 80.1 Å². The molecule has 2 atom stereocenters. The lowest BCUT2D eigenvalue weighted by molar-refractivity contribution is -0.137. The molecule has 3 heterocycles. The molecular weight excluding hydrogens is 450 g/mol. The number of alkyl halides is 3. The van der Waals surface area contributed by atoms with E-state index in [4.69, 9.17) is 0 Å². The Labute approximate surface area is 181 Å². The van der Waals surface area contributed by atoms with Gasteiger partial charge in [-0.2, -0.15) is 17.5 Å². The number of sulfonamides is 1. The van der Waals surface area contributed by atoms with E-state index in [0.717, 1.165) is 18.3 Å². The predicted molar refractivity (Wildman–Crippen MR) is 108 cm³/mol. The van der Waals surface area contributed by atoms with Crippen LogP contribution in [0.3, 0.4) is 0 Å². The average Bonchev–Trinajstić information content (AvgIpc) is 3.36. The van der Waals surface area contributed by atoms with E-state index >= 15 is 0 Å². The van der Waals surface area contributed by atoms with Crippen molar-refractivity contribution in [1.29, 1.82) is 0 Å².